The van der Waals surface area contributed by atoms with Crippen LogP contribution < -0.4 is 15.8 Å². The molecule has 1 aliphatic heterocycles. The number of nitrogens with two attached hydrogens (primary N) is 1. The van der Waals surface area contributed by atoms with Gasteiger partial charge in [-0.25, -0.2) is 8.42 Å². The number of sulfonamides is 1. The van der Waals surface area contributed by atoms with Crippen LogP contribution in [0.4, 0.5) is 0 Å². The fourth-order valence-electron chi connectivity index (χ4n) is 2.24. The summed E-state index contributed by atoms with van der Waals surface area (Å²) in [6, 6.07) is 6.26. The van der Waals surface area contributed by atoms with Crippen LogP contribution in [-0.2, 0) is 14.8 Å². The average molecular weight is 338 g/mol. The lowest BCUT2D eigenvalue weighted by Gasteiger charge is -2.24. The molecule has 8 heteroatoms. The van der Waals surface area contributed by atoms with Gasteiger partial charge in [-0.15, -0.1) is 0 Å². The van der Waals surface area contributed by atoms with Gasteiger partial charge in [0, 0.05) is 24.1 Å². The van der Waals surface area contributed by atoms with E-state index in [1.807, 2.05) is 13.8 Å². The number of rotatable bonds is 5. The summed E-state index contributed by atoms with van der Waals surface area (Å²) in [5.74, 6) is 0.102. The molecule has 0 fully saturated rings. The van der Waals surface area contributed by atoms with Gasteiger partial charge in [-0.1, -0.05) is 12.1 Å². The highest BCUT2D eigenvalue weighted by molar-refractivity contribution is 7.90. The van der Waals surface area contributed by atoms with Crippen molar-refractivity contribution in [2.24, 2.45) is 10.7 Å². The van der Waals surface area contributed by atoms with Crippen LogP contribution in [0.1, 0.15) is 32.8 Å². The average Bonchev–Trinajstić information content (AvgIpc) is 2.70. The molecule has 2 rings (SSSR count). The predicted octanol–water partition coefficient (Wildman–Crippen LogP) is 0.357. The second kappa shape index (κ2) is 6.29. The van der Waals surface area contributed by atoms with E-state index in [0.717, 1.165) is 0 Å². The molecule has 1 atom stereocenters. The van der Waals surface area contributed by atoms with Gasteiger partial charge in [0.05, 0.1) is 10.9 Å². The third kappa shape index (κ3) is 4.08. The van der Waals surface area contributed by atoms with Crippen LogP contribution in [0.15, 0.2) is 34.2 Å². The third-order valence-corrected chi connectivity index (χ3v) is 4.88. The Morgan fingerprint density at radius 2 is 2.04 bits per heavy atom. The summed E-state index contributed by atoms with van der Waals surface area (Å²) in [7, 11) is -3.56. The van der Waals surface area contributed by atoms with E-state index in [0.29, 0.717) is 12.1 Å². The second-order valence-electron chi connectivity index (χ2n) is 6.27. The van der Waals surface area contributed by atoms with Crippen molar-refractivity contribution in [3.05, 3.63) is 29.8 Å². The lowest BCUT2D eigenvalue weighted by atomic mass is 10.1. The number of benzene rings is 1. The van der Waals surface area contributed by atoms with Gasteiger partial charge in [0.2, 0.25) is 5.91 Å². The molecule has 1 amide bonds. The Bertz CT molecular complexity index is 741. The van der Waals surface area contributed by atoms with Gasteiger partial charge in [-0.05, 0) is 32.9 Å². The molecule has 4 N–H and O–H groups in total. The summed E-state index contributed by atoms with van der Waals surface area (Å²) in [5.41, 5.74) is 5.63. The molecule has 0 aromatic heterocycles. The van der Waals surface area contributed by atoms with Gasteiger partial charge in [0.25, 0.3) is 10.0 Å². The zero-order valence-electron chi connectivity index (χ0n) is 13.5. The van der Waals surface area contributed by atoms with E-state index in [1.54, 1.807) is 25.1 Å². The maximum atomic E-state index is 12.0. The number of hydrogen-bond acceptors (Lipinski definition) is 5. The topological polar surface area (TPSA) is 114 Å². The standard InChI is InChI=1S/C15H22N4O3S/c1-10(8-13(20)18-15(2,3)9-16)17-14-11-6-4-5-7-12(11)23(21,22)19-14/h4-7,10H,8-9,16H2,1-3H3,(H,17,19)(H,18,20). The van der Waals surface area contributed by atoms with E-state index in [-0.39, 0.29) is 29.1 Å². The van der Waals surface area contributed by atoms with E-state index in [4.69, 9.17) is 5.73 Å². The molecule has 0 saturated carbocycles. The lowest BCUT2D eigenvalue weighted by molar-refractivity contribution is -0.122. The first kappa shape index (κ1) is 17.4. The van der Waals surface area contributed by atoms with Gasteiger partial charge >= 0.3 is 0 Å². The van der Waals surface area contributed by atoms with Crippen LogP contribution in [0.2, 0.25) is 0 Å². The van der Waals surface area contributed by atoms with Gasteiger partial charge in [-0.3, -0.25) is 14.5 Å². The summed E-state index contributed by atoms with van der Waals surface area (Å²) in [6.45, 7) is 5.76. The Hall–Kier alpha value is -1.93. The van der Waals surface area contributed by atoms with Crippen molar-refractivity contribution in [2.45, 2.75) is 43.7 Å². The van der Waals surface area contributed by atoms with Crippen LogP contribution in [-0.4, -0.2) is 38.3 Å². The fourth-order valence-corrected chi connectivity index (χ4v) is 3.48. The molecule has 7 nitrogen and oxygen atoms in total. The summed E-state index contributed by atoms with van der Waals surface area (Å²) < 4.78 is 26.4. The molecule has 0 saturated heterocycles. The molecule has 23 heavy (non-hydrogen) atoms. The molecule has 1 aromatic rings. The molecule has 0 bridgehead atoms. The van der Waals surface area contributed by atoms with Gasteiger partial charge in [0.1, 0.15) is 5.84 Å². The number of nitrogens with one attached hydrogen (secondary N) is 2. The van der Waals surface area contributed by atoms with Crippen molar-refractivity contribution >= 4 is 21.8 Å². The van der Waals surface area contributed by atoms with E-state index in [2.05, 4.69) is 15.0 Å². The molecular formula is C15H22N4O3S. The molecule has 1 unspecified atom stereocenters. The monoisotopic (exact) mass is 338 g/mol. The Morgan fingerprint density at radius 1 is 1.39 bits per heavy atom. The van der Waals surface area contributed by atoms with E-state index >= 15 is 0 Å². The first-order chi connectivity index (χ1) is 10.6. The van der Waals surface area contributed by atoms with Crippen molar-refractivity contribution < 1.29 is 13.2 Å². The molecule has 1 aliphatic rings. The van der Waals surface area contributed by atoms with Gasteiger partial charge in [0.15, 0.2) is 0 Å². The number of carbonyl (C=O) groups is 1. The lowest BCUT2D eigenvalue weighted by Crippen LogP contribution is -2.49. The quantitative estimate of drug-likeness (QED) is 0.719. The smallest absolute Gasteiger partial charge is 0.263 e. The maximum Gasteiger partial charge on any atom is 0.263 e. The number of carbonyl (C=O) groups excluding carboxylic acids is 1. The first-order valence-corrected chi connectivity index (χ1v) is 8.84. The van der Waals surface area contributed by atoms with E-state index < -0.39 is 15.6 Å². The zero-order valence-corrected chi connectivity index (χ0v) is 14.3. The Morgan fingerprint density at radius 3 is 2.70 bits per heavy atom. The minimum absolute atomic E-state index is 0.150. The van der Waals surface area contributed by atoms with Crippen molar-refractivity contribution in [3.8, 4) is 0 Å². The first-order valence-electron chi connectivity index (χ1n) is 7.36. The van der Waals surface area contributed by atoms with Crippen LogP contribution in [0.5, 0.6) is 0 Å². The molecule has 0 spiro atoms. The molecule has 0 aliphatic carbocycles. The maximum absolute atomic E-state index is 12.0. The van der Waals surface area contributed by atoms with Crippen LogP contribution in [0.25, 0.3) is 0 Å². The van der Waals surface area contributed by atoms with Crippen LogP contribution in [0.3, 0.4) is 0 Å². The van der Waals surface area contributed by atoms with Crippen molar-refractivity contribution in [2.75, 3.05) is 6.54 Å². The summed E-state index contributed by atoms with van der Waals surface area (Å²) >= 11 is 0. The van der Waals surface area contributed by atoms with Crippen LogP contribution in [0, 0.1) is 0 Å². The third-order valence-electron chi connectivity index (χ3n) is 3.48. The Kier molecular flexibility index (Phi) is 4.76. The van der Waals surface area contributed by atoms with Crippen molar-refractivity contribution in [1.29, 1.82) is 0 Å². The highest BCUT2D eigenvalue weighted by Crippen LogP contribution is 2.22. The normalized spacial score (nSPS) is 19.0. The number of amides is 1. The van der Waals surface area contributed by atoms with E-state index in [9.17, 15) is 13.2 Å². The highest BCUT2D eigenvalue weighted by atomic mass is 32.2. The molecule has 1 aromatic carbocycles. The SMILES string of the molecule is CC(CC(=O)NC(C)(C)CN)N=C1NS(=O)(=O)c2ccccc21. The molecule has 1 heterocycles. The van der Waals surface area contributed by atoms with Crippen LogP contribution >= 0.6 is 0 Å². The number of amidine groups is 1. The van der Waals surface area contributed by atoms with Gasteiger partial charge in [-0.2, -0.15) is 0 Å². The summed E-state index contributed by atoms with van der Waals surface area (Å²) in [5, 5.41) is 2.83. The summed E-state index contributed by atoms with van der Waals surface area (Å²) in [6.07, 6.45) is 0.150. The van der Waals surface area contributed by atoms with Gasteiger partial charge < -0.3 is 11.1 Å². The predicted molar refractivity (Wildman–Crippen MR) is 88.7 cm³/mol. The van der Waals surface area contributed by atoms with Crippen molar-refractivity contribution in [1.82, 2.24) is 10.0 Å². The fraction of sp³-hybridized carbons (Fsp3) is 0.467. The molecular weight excluding hydrogens is 316 g/mol. The van der Waals surface area contributed by atoms with E-state index in [1.165, 1.54) is 6.07 Å². The number of fused-ring (bicyclic) bond motifs is 1. The number of nitrogens with zero attached hydrogens (tertiary/aromatic N) is 1. The highest BCUT2D eigenvalue weighted by Gasteiger charge is 2.30. The number of aliphatic imine (C=N–C) groups is 1. The minimum atomic E-state index is -3.56. The Balaban J connectivity index is 2.13. The zero-order chi connectivity index (χ0) is 17.3. The largest absolute Gasteiger partial charge is 0.350 e. The summed E-state index contributed by atoms with van der Waals surface area (Å²) in [4.78, 5) is 16.6. The Labute approximate surface area is 136 Å². The molecule has 0 radical (unpaired) electrons. The van der Waals surface area contributed by atoms with Crippen molar-refractivity contribution in [3.63, 3.8) is 0 Å². The second-order valence-corrected chi connectivity index (χ2v) is 7.92. The number of hydrogen-bond donors (Lipinski definition) is 3. The molecule has 126 valence electrons. The minimum Gasteiger partial charge on any atom is -0.350 e.